The molecule has 4 nitrogen and oxygen atoms in total. The summed E-state index contributed by atoms with van der Waals surface area (Å²) in [4.78, 5) is 10.6. The van der Waals surface area contributed by atoms with Gasteiger partial charge in [-0.05, 0) is 24.5 Å². The van der Waals surface area contributed by atoms with Crippen molar-refractivity contribution in [1.29, 1.82) is 0 Å². The van der Waals surface area contributed by atoms with Crippen molar-refractivity contribution in [3.8, 4) is 5.75 Å². The van der Waals surface area contributed by atoms with Crippen LogP contribution >= 0.6 is 0 Å². The maximum Gasteiger partial charge on any atom is 0.511 e. The first-order chi connectivity index (χ1) is 9.66. The lowest BCUT2D eigenvalue weighted by Gasteiger charge is -2.14. The number of benzene rings is 2. The summed E-state index contributed by atoms with van der Waals surface area (Å²) in [5.41, 5.74) is 1.62. The first-order valence-electron chi connectivity index (χ1n) is 6.38. The molecule has 0 bridgehead atoms. The number of hydrogen-bond acceptors (Lipinski definition) is 3. The standard InChI is InChI=1S/C16H16O4/c17-14(11-10-12-6-2-1-3-7-12)13-8-4-5-9-15(13)20-16(18)19/h1-9,14,17H,10-11H2,(H,18,19). The van der Waals surface area contributed by atoms with Gasteiger partial charge in [-0.3, -0.25) is 0 Å². The van der Waals surface area contributed by atoms with Gasteiger partial charge in [-0.2, -0.15) is 0 Å². The molecule has 2 N–H and O–H groups in total. The zero-order valence-corrected chi connectivity index (χ0v) is 10.9. The van der Waals surface area contributed by atoms with Gasteiger partial charge in [0, 0.05) is 5.56 Å². The summed E-state index contributed by atoms with van der Waals surface area (Å²) in [6.45, 7) is 0. The minimum absolute atomic E-state index is 0.181. The third kappa shape index (κ3) is 3.83. The average Bonchev–Trinajstić information content (AvgIpc) is 2.46. The van der Waals surface area contributed by atoms with E-state index in [1.54, 1.807) is 18.2 Å². The van der Waals surface area contributed by atoms with Crippen molar-refractivity contribution in [1.82, 2.24) is 0 Å². The Morgan fingerprint density at radius 2 is 1.70 bits per heavy atom. The molecule has 0 aromatic heterocycles. The quantitative estimate of drug-likeness (QED) is 0.646. The Hall–Kier alpha value is -2.33. The van der Waals surface area contributed by atoms with E-state index in [4.69, 9.17) is 5.11 Å². The van der Waals surface area contributed by atoms with E-state index in [9.17, 15) is 9.90 Å². The lowest BCUT2D eigenvalue weighted by Crippen LogP contribution is -2.08. The zero-order valence-electron chi connectivity index (χ0n) is 10.9. The van der Waals surface area contributed by atoms with Crippen LogP contribution in [0.2, 0.25) is 0 Å². The van der Waals surface area contributed by atoms with Crippen LogP contribution in [0.3, 0.4) is 0 Å². The third-order valence-electron chi connectivity index (χ3n) is 3.02. The second-order valence-electron chi connectivity index (χ2n) is 4.45. The summed E-state index contributed by atoms with van der Waals surface area (Å²) in [6, 6.07) is 16.5. The number of rotatable bonds is 5. The SMILES string of the molecule is O=C(O)Oc1ccccc1C(O)CCc1ccccc1. The van der Waals surface area contributed by atoms with E-state index in [-0.39, 0.29) is 5.75 Å². The number of aryl methyl sites for hydroxylation is 1. The minimum Gasteiger partial charge on any atom is -0.449 e. The van der Waals surface area contributed by atoms with E-state index in [1.165, 1.54) is 6.07 Å². The van der Waals surface area contributed by atoms with E-state index < -0.39 is 12.3 Å². The van der Waals surface area contributed by atoms with Crippen molar-refractivity contribution in [2.45, 2.75) is 18.9 Å². The molecular formula is C16H16O4. The molecule has 0 radical (unpaired) electrons. The highest BCUT2D eigenvalue weighted by Gasteiger charge is 2.15. The number of ether oxygens (including phenoxy) is 1. The number of hydrogen-bond donors (Lipinski definition) is 2. The van der Waals surface area contributed by atoms with E-state index >= 15 is 0 Å². The Bertz CT molecular complexity index is 566. The molecule has 2 rings (SSSR count). The minimum atomic E-state index is -1.38. The van der Waals surface area contributed by atoms with Gasteiger partial charge in [0.25, 0.3) is 0 Å². The Morgan fingerprint density at radius 3 is 2.40 bits per heavy atom. The van der Waals surface area contributed by atoms with Crippen molar-refractivity contribution in [2.24, 2.45) is 0 Å². The van der Waals surface area contributed by atoms with Crippen LogP contribution in [-0.4, -0.2) is 16.4 Å². The molecule has 0 heterocycles. The highest BCUT2D eigenvalue weighted by Crippen LogP contribution is 2.28. The summed E-state index contributed by atoms with van der Waals surface area (Å²) >= 11 is 0. The Balaban J connectivity index is 2.05. The highest BCUT2D eigenvalue weighted by molar-refractivity contribution is 5.62. The lowest BCUT2D eigenvalue weighted by molar-refractivity contribution is 0.137. The molecule has 0 fully saturated rings. The monoisotopic (exact) mass is 272 g/mol. The molecule has 0 saturated heterocycles. The topological polar surface area (TPSA) is 66.8 Å². The third-order valence-corrected chi connectivity index (χ3v) is 3.02. The van der Waals surface area contributed by atoms with Crippen LogP contribution in [0.4, 0.5) is 4.79 Å². The Morgan fingerprint density at radius 1 is 1.05 bits per heavy atom. The van der Waals surface area contributed by atoms with Gasteiger partial charge in [0.15, 0.2) is 0 Å². The van der Waals surface area contributed by atoms with Gasteiger partial charge in [-0.25, -0.2) is 4.79 Å². The van der Waals surface area contributed by atoms with Gasteiger partial charge >= 0.3 is 6.16 Å². The van der Waals surface area contributed by atoms with Crippen molar-refractivity contribution in [2.75, 3.05) is 0 Å². The average molecular weight is 272 g/mol. The zero-order chi connectivity index (χ0) is 14.4. The van der Waals surface area contributed by atoms with Crippen LogP contribution in [0.1, 0.15) is 23.7 Å². The van der Waals surface area contributed by atoms with Crippen LogP contribution in [0, 0.1) is 0 Å². The molecule has 0 aliphatic rings. The first-order valence-corrected chi connectivity index (χ1v) is 6.38. The molecule has 0 aliphatic carbocycles. The van der Waals surface area contributed by atoms with Crippen LogP contribution in [-0.2, 0) is 6.42 Å². The van der Waals surface area contributed by atoms with Gasteiger partial charge in [0.1, 0.15) is 5.75 Å². The molecule has 0 spiro atoms. The molecule has 1 atom stereocenters. The number of aliphatic hydroxyl groups excluding tert-OH is 1. The summed E-state index contributed by atoms with van der Waals surface area (Å²) in [5.74, 6) is 0.181. The van der Waals surface area contributed by atoms with Gasteiger partial charge in [-0.1, -0.05) is 48.5 Å². The summed E-state index contributed by atoms with van der Waals surface area (Å²) in [5, 5.41) is 18.9. The Labute approximate surface area is 117 Å². The summed E-state index contributed by atoms with van der Waals surface area (Å²) in [7, 11) is 0. The fraction of sp³-hybridized carbons (Fsp3) is 0.188. The summed E-state index contributed by atoms with van der Waals surface area (Å²) in [6.07, 6.45) is -0.925. The first kappa shape index (κ1) is 14.1. The van der Waals surface area contributed by atoms with Crippen LogP contribution in [0.5, 0.6) is 5.75 Å². The van der Waals surface area contributed by atoms with E-state index in [1.807, 2.05) is 30.3 Å². The fourth-order valence-corrected chi connectivity index (χ4v) is 2.05. The summed E-state index contributed by atoms with van der Waals surface area (Å²) < 4.78 is 4.68. The number of aliphatic hydroxyl groups is 1. The molecule has 4 heteroatoms. The molecule has 2 aromatic rings. The van der Waals surface area contributed by atoms with E-state index in [2.05, 4.69) is 4.74 Å². The van der Waals surface area contributed by atoms with Crippen LogP contribution in [0.25, 0.3) is 0 Å². The Kier molecular flexibility index (Phi) is 4.74. The normalized spacial score (nSPS) is 11.8. The van der Waals surface area contributed by atoms with E-state index in [0.717, 1.165) is 5.56 Å². The van der Waals surface area contributed by atoms with Gasteiger partial charge in [0.05, 0.1) is 6.10 Å². The fourth-order valence-electron chi connectivity index (χ4n) is 2.05. The predicted octanol–water partition coefficient (Wildman–Crippen LogP) is 3.41. The van der Waals surface area contributed by atoms with Crippen molar-refractivity contribution in [3.63, 3.8) is 0 Å². The van der Waals surface area contributed by atoms with Crippen LogP contribution < -0.4 is 4.74 Å². The number of carboxylic acid groups (broad SMARTS) is 1. The molecule has 0 saturated carbocycles. The van der Waals surface area contributed by atoms with Gasteiger partial charge in [0.2, 0.25) is 0 Å². The van der Waals surface area contributed by atoms with Gasteiger partial charge in [-0.15, -0.1) is 0 Å². The molecule has 0 aliphatic heterocycles. The smallest absolute Gasteiger partial charge is 0.449 e. The molecule has 1 unspecified atom stereocenters. The maximum absolute atomic E-state index is 10.6. The molecule has 0 amide bonds. The van der Waals surface area contributed by atoms with Crippen LogP contribution in [0.15, 0.2) is 54.6 Å². The predicted molar refractivity (Wildman–Crippen MR) is 74.8 cm³/mol. The second kappa shape index (κ2) is 6.73. The van der Waals surface area contributed by atoms with Crippen molar-refractivity contribution in [3.05, 3.63) is 65.7 Å². The number of para-hydroxylation sites is 1. The van der Waals surface area contributed by atoms with Gasteiger partial charge < -0.3 is 14.9 Å². The molecule has 2 aromatic carbocycles. The molecule has 104 valence electrons. The lowest BCUT2D eigenvalue weighted by atomic mass is 10.0. The van der Waals surface area contributed by atoms with E-state index in [0.29, 0.717) is 18.4 Å². The van der Waals surface area contributed by atoms with Crippen molar-refractivity contribution < 1.29 is 19.7 Å². The molecule has 20 heavy (non-hydrogen) atoms. The highest BCUT2D eigenvalue weighted by atomic mass is 16.7. The second-order valence-corrected chi connectivity index (χ2v) is 4.45. The largest absolute Gasteiger partial charge is 0.511 e. The molecular weight excluding hydrogens is 256 g/mol. The maximum atomic E-state index is 10.6. The van der Waals surface area contributed by atoms with Crippen molar-refractivity contribution >= 4 is 6.16 Å². The number of carbonyl (C=O) groups is 1.